The van der Waals surface area contributed by atoms with Gasteiger partial charge in [0.25, 0.3) is 5.91 Å². The molecule has 8 heteroatoms. The topological polar surface area (TPSA) is 72.2 Å². The second-order valence-corrected chi connectivity index (χ2v) is 8.30. The van der Waals surface area contributed by atoms with E-state index in [1.54, 1.807) is 23.1 Å². The average molecular weight is 471 g/mol. The van der Waals surface area contributed by atoms with Gasteiger partial charge in [0, 0.05) is 42.6 Å². The van der Waals surface area contributed by atoms with Gasteiger partial charge in [-0.05, 0) is 42.0 Å². The normalized spacial score (nSPS) is 16.2. The van der Waals surface area contributed by atoms with Crippen molar-refractivity contribution in [3.05, 3.63) is 68.5 Å². The number of carbonyl (C=O) groups is 1. The summed E-state index contributed by atoms with van der Waals surface area (Å²) in [4.78, 5) is 29.3. The van der Waals surface area contributed by atoms with Gasteiger partial charge in [0.05, 0.1) is 0 Å². The molecule has 1 fully saturated rings. The van der Waals surface area contributed by atoms with Crippen LogP contribution in [0, 0.1) is 0 Å². The van der Waals surface area contributed by atoms with Gasteiger partial charge in [-0.1, -0.05) is 22.0 Å². The first-order chi connectivity index (χ1) is 14.6. The standard InChI is InChI=1S/C22H19BrN2O5/c23-16-2-4-18-15(10-16)11-17(22(27)30-18)21(26)25-7-5-24(6-8-25)12-14-1-3-19-20(9-14)29-13-28-19/h1-4,9-11H,5-8,12-13H2. The zero-order valence-electron chi connectivity index (χ0n) is 16.1. The molecule has 2 aliphatic heterocycles. The van der Waals surface area contributed by atoms with Crippen LogP contribution in [0.4, 0.5) is 0 Å². The van der Waals surface area contributed by atoms with Crippen LogP contribution in [0.5, 0.6) is 11.5 Å². The van der Waals surface area contributed by atoms with E-state index in [4.69, 9.17) is 13.9 Å². The molecule has 0 N–H and O–H groups in total. The molecule has 0 unspecified atom stereocenters. The van der Waals surface area contributed by atoms with Crippen molar-refractivity contribution in [3.8, 4) is 11.5 Å². The van der Waals surface area contributed by atoms with Crippen molar-refractivity contribution >= 4 is 32.8 Å². The fourth-order valence-electron chi connectivity index (χ4n) is 3.82. The Kier molecular flexibility index (Phi) is 4.96. The van der Waals surface area contributed by atoms with Gasteiger partial charge in [0.1, 0.15) is 11.1 Å². The number of benzene rings is 2. The van der Waals surface area contributed by atoms with Crippen molar-refractivity contribution in [1.82, 2.24) is 9.80 Å². The van der Waals surface area contributed by atoms with Gasteiger partial charge in [-0.2, -0.15) is 0 Å². The van der Waals surface area contributed by atoms with E-state index in [9.17, 15) is 9.59 Å². The summed E-state index contributed by atoms with van der Waals surface area (Å²) in [6, 6.07) is 12.9. The lowest BCUT2D eigenvalue weighted by Gasteiger charge is -2.34. The average Bonchev–Trinajstić information content (AvgIpc) is 3.21. The summed E-state index contributed by atoms with van der Waals surface area (Å²) >= 11 is 3.40. The van der Waals surface area contributed by atoms with Crippen molar-refractivity contribution in [2.45, 2.75) is 6.54 Å². The fraction of sp³-hybridized carbons (Fsp3) is 0.273. The molecule has 3 aromatic rings. The molecule has 0 aliphatic carbocycles. The molecule has 1 aromatic heterocycles. The number of halogens is 1. The number of nitrogens with zero attached hydrogens (tertiary/aromatic N) is 2. The number of carbonyl (C=O) groups excluding carboxylic acids is 1. The molecule has 0 spiro atoms. The van der Waals surface area contributed by atoms with E-state index < -0.39 is 5.63 Å². The SMILES string of the molecule is O=C(c1cc2cc(Br)ccc2oc1=O)N1CCN(Cc2ccc3c(c2)OCO3)CC1. The van der Waals surface area contributed by atoms with Crippen LogP contribution in [0.25, 0.3) is 11.0 Å². The predicted molar refractivity (Wildman–Crippen MR) is 114 cm³/mol. The number of piperazine rings is 1. The van der Waals surface area contributed by atoms with Gasteiger partial charge < -0.3 is 18.8 Å². The molecular weight excluding hydrogens is 452 g/mol. The van der Waals surface area contributed by atoms with Crippen LogP contribution in [-0.2, 0) is 6.54 Å². The van der Waals surface area contributed by atoms with Gasteiger partial charge in [-0.15, -0.1) is 0 Å². The highest BCUT2D eigenvalue weighted by molar-refractivity contribution is 9.10. The highest BCUT2D eigenvalue weighted by atomic mass is 79.9. The summed E-state index contributed by atoms with van der Waals surface area (Å²) in [6.45, 7) is 3.60. The Morgan fingerprint density at radius 2 is 1.77 bits per heavy atom. The highest BCUT2D eigenvalue weighted by Gasteiger charge is 2.25. The van der Waals surface area contributed by atoms with Crippen LogP contribution >= 0.6 is 15.9 Å². The molecule has 154 valence electrons. The third-order valence-electron chi connectivity index (χ3n) is 5.43. The summed E-state index contributed by atoms with van der Waals surface area (Å²) in [6.07, 6.45) is 0. The van der Waals surface area contributed by atoms with Crippen molar-refractivity contribution < 1.29 is 18.7 Å². The van der Waals surface area contributed by atoms with E-state index in [1.807, 2.05) is 24.3 Å². The number of amides is 1. The first kappa shape index (κ1) is 19.1. The molecule has 30 heavy (non-hydrogen) atoms. The lowest BCUT2D eigenvalue weighted by atomic mass is 10.1. The molecule has 0 radical (unpaired) electrons. The summed E-state index contributed by atoms with van der Waals surface area (Å²) in [7, 11) is 0. The number of hydrogen-bond donors (Lipinski definition) is 0. The molecule has 1 amide bonds. The van der Waals surface area contributed by atoms with E-state index in [1.165, 1.54) is 0 Å². The van der Waals surface area contributed by atoms with Gasteiger partial charge in [-0.3, -0.25) is 9.69 Å². The largest absolute Gasteiger partial charge is 0.454 e. The van der Waals surface area contributed by atoms with Crippen molar-refractivity contribution in [2.24, 2.45) is 0 Å². The molecule has 5 rings (SSSR count). The molecule has 0 atom stereocenters. The minimum absolute atomic E-state index is 0.0739. The summed E-state index contributed by atoms with van der Waals surface area (Å²) in [5, 5.41) is 0.716. The lowest BCUT2D eigenvalue weighted by molar-refractivity contribution is 0.0624. The molecule has 7 nitrogen and oxygen atoms in total. The van der Waals surface area contributed by atoms with Crippen LogP contribution in [0.1, 0.15) is 15.9 Å². The van der Waals surface area contributed by atoms with Crippen molar-refractivity contribution in [3.63, 3.8) is 0 Å². The molecular formula is C22H19BrN2O5. The van der Waals surface area contributed by atoms with E-state index >= 15 is 0 Å². The molecule has 3 heterocycles. The molecule has 2 aliphatic rings. The number of fused-ring (bicyclic) bond motifs is 2. The Labute approximate surface area is 180 Å². The maximum absolute atomic E-state index is 12.9. The highest BCUT2D eigenvalue weighted by Crippen LogP contribution is 2.32. The van der Waals surface area contributed by atoms with E-state index in [-0.39, 0.29) is 18.3 Å². The summed E-state index contributed by atoms with van der Waals surface area (Å²) in [5.74, 6) is 1.26. The van der Waals surface area contributed by atoms with Crippen LogP contribution in [0.2, 0.25) is 0 Å². The number of ether oxygens (including phenoxy) is 2. The predicted octanol–water partition coefficient (Wildman–Crippen LogP) is 3.24. The first-order valence-electron chi connectivity index (χ1n) is 9.70. The van der Waals surface area contributed by atoms with Crippen LogP contribution in [0.15, 0.2) is 56.1 Å². The zero-order valence-corrected chi connectivity index (χ0v) is 17.7. The molecule has 0 saturated carbocycles. The van der Waals surface area contributed by atoms with Crippen LogP contribution in [0.3, 0.4) is 0 Å². The smallest absolute Gasteiger partial charge is 0.349 e. The second kappa shape index (κ2) is 7.77. The Bertz CT molecular complexity index is 1180. The number of hydrogen-bond acceptors (Lipinski definition) is 6. The van der Waals surface area contributed by atoms with Gasteiger partial charge in [-0.25, -0.2) is 4.79 Å². The fourth-order valence-corrected chi connectivity index (χ4v) is 4.20. The van der Waals surface area contributed by atoms with E-state index in [0.717, 1.165) is 41.2 Å². The van der Waals surface area contributed by atoms with Crippen molar-refractivity contribution in [2.75, 3.05) is 33.0 Å². The Balaban J connectivity index is 1.26. The molecule has 2 aromatic carbocycles. The summed E-state index contributed by atoms with van der Waals surface area (Å²) in [5.41, 5.74) is 1.08. The maximum atomic E-state index is 12.9. The second-order valence-electron chi connectivity index (χ2n) is 7.39. The first-order valence-corrected chi connectivity index (χ1v) is 10.5. The van der Waals surface area contributed by atoms with Crippen LogP contribution in [-0.4, -0.2) is 48.7 Å². The lowest BCUT2D eigenvalue weighted by Crippen LogP contribution is -2.49. The number of rotatable bonds is 3. The minimum Gasteiger partial charge on any atom is -0.454 e. The Morgan fingerprint density at radius 3 is 2.60 bits per heavy atom. The van der Waals surface area contributed by atoms with E-state index in [0.29, 0.717) is 24.1 Å². The van der Waals surface area contributed by atoms with Gasteiger partial charge in [0.2, 0.25) is 6.79 Å². The van der Waals surface area contributed by atoms with Gasteiger partial charge in [0.15, 0.2) is 11.5 Å². The van der Waals surface area contributed by atoms with Crippen molar-refractivity contribution in [1.29, 1.82) is 0 Å². The third-order valence-corrected chi connectivity index (χ3v) is 5.92. The van der Waals surface area contributed by atoms with Crippen LogP contribution < -0.4 is 15.1 Å². The Hall–Kier alpha value is -2.84. The van der Waals surface area contributed by atoms with Gasteiger partial charge >= 0.3 is 5.63 Å². The Morgan fingerprint density at radius 1 is 0.967 bits per heavy atom. The quantitative estimate of drug-likeness (QED) is 0.547. The monoisotopic (exact) mass is 470 g/mol. The molecule has 1 saturated heterocycles. The molecule has 0 bridgehead atoms. The third kappa shape index (κ3) is 3.68. The maximum Gasteiger partial charge on any atom is 0.349 e. The summed E-state index contributed by atoms with van der Waals surface area (Å²) < 4.78 is 17.0. The zero-order chi connectivity index (χ0) is 20.7. The van der Waals surface area contributed by atoms with E-state index in [2.05, 4.69) is 20.8 Å². The minimum atomic E-state index is -0.599.